The second-order valence-electron chi connectivity index (χ2n) is 6.55. The molecule has 0 aromatic heterocycles. The number of rotatable bonds is 5. The highest BCUT2D eigenvalue weighted by Crippen LogP contribution is 2.20. The maximum atomic E-state index is 12.2. The van der Waals surface area contributed by atoms with Crippen LogP contribution >= 0.6 is 0 Å². The average molecular weight is 325 g/mol. The number of amides is 4. The highest BCUT2D eigenvalue weighted by atomic mass is 16.4. The van der Waals surface area contributed by atoms with E-state index in [1.165, 1.54) is 4.90 Å². The van der Waals surface area contributed by atoms with Gasteiger partial charge in [0.05, 0.1) is 0 Å². The van der Waals surface area contributed by atoms with Crippen LogP contribution in [0.2, 0.25) is 0 Å². The Morgan fingerprint density at radius 3 is 2.57 bits per heavy atom. The molecule has 0 saturated carbocycles. The zero-order valence-corrected chi connectivity index (χ0v) is 13.5. The summed E-state index contributed by atoms with van der Waals surface area (Å²) in [5, 5.41) is 11.8. The number of carboxylic acid groups (broad SMARTS) is 1. The van der Waals surface area contributed by atoms with E-state index >= 15 is 0 Å². The summed E-state index contributed by atoms with van der Waals surface area (Å²) in [6, 6.07) is -1.21. The predicted molar refractivity (Wildman–Crippen MR) is 80.5 cm³/mol. The van der Waals surface area contributed by atoms with E-state index in [2.05, 4.69) is 5.32 Å². The molecule has 0 bridgehead atoms. The van der Waals surface area contributed by atoms with Crippen molar-refractivity contribution >= 4 is 23.8 Å². The number of carboxylic acids is 1. The molecule has 0 aliphatic carbocycles. The molecule has 2 aliphatic heterocycles. The van der Waals surface area contributed by atoms with Crippen LogP contribution < -0.4 is 5.32 Å². The Kier molecular flexibility index (Phi) is 4.91. The van der Waals surface area contributed by atoms with Crippen molar-refractivity contribution in [2.75, 3.05) is 13.1 Å². The molecule has 2 fully saturated rings. The van der Waals surface area contributed by atoms with Crippen LogP contribution in [0.5, 0.6) is 0 Å². The molecule has 8 nitrogen and oxygen atoms in total. The van der Waals surface area contributed by atoms with Gasteiger partial charge >= 0.3 is 12.0 Å². The molecule has 4 amide bonds. The Labute approximate surface area is 134 Å². The van der Waals surface area contributed by atoms with Crippen molar-refractivity contribution in [1.82, 2.24) is 15.1 Å². The lowest BCUT2D eigenvalue weighted by Gasteiger charge is -2.33. The van der Waals surface area contributed by atoms with Gasteiger partial charge in [-0.3, -0.25) is 14.5 Å². The first-order valence-corrected chi connectivity index (χ1v) is 7.90. The fourth-order valence-corrected chi connectivity index (χ4v) is 3.04. The summed E-state index contributed by atoms with van der Waals surface area (Å²) in [5.41, 5.74) is -0.914. The van der Waals surface area contributed by atoms with E-state index in [0.717, 1.165) is 17.7 Å². The highest BCUT2D eigenvalue weighted by molar-refractivity contribution is 6.06. The molecule has 128 valence electrons. The minimum Gasteiger partial charge on any atom is -0.480 e. The summed E-state index contributed by atoms with van der Waals surface area (Å²) in [4.78, 5) is 49.7. The van der Waals surface area contributed by atoms with Gasteiger partial charge in [-0.2, -0.15) is 0 Å². The van der Waals surface area contributed by atoms with Crippen LogP contribution in [0, 0.1) is 0 Å². The third kappa shape index (κ3) is 3.62. The Morgan fingerprint density at radius 2 is 2.00 bits per heavy atom. The molecule has 2 rings (SSSR count). The van der Waals surface area contributed by atoms with Gasteiger partial charge in [0.2, 0.25) is 5.91 Å². The average Bonchev–Trinajstić information content (AvgIpc) is 2.68. The number of carbonyl (C=O) groups is 4. The van der Waals surface area contributed by atoms with Gasteiger partial charge in [0.1, 0.15) is 11.6 Å². The Hall–Kier alpha value is -2.12. The maximum Gasteiger partial charge on any atom is 0.326 e. The lowest BCUT2D eigenvalue weighted by Crippen LogP contribution is -2.48. The van der Waals surface area contributed by atoms with E-state index in [9.17, 15) is 24.3 Å². The third-order valence-electron chi connectivity index (χ3n) is 4.32. The fraction of sp³-hybridized carbons (Fsp3) is 0.733. The van der Waals surface area contributed by atoms with E-state index in [-0.39, 0.29) is 24.8 Å². The molecule has 0 aromatic carbocycles. The summed E-state index contributed by atoms with van der Waals surface area (Å²) in [6.07, 6.45) is 2.54. The monoisotopic (exact) mass is 325 g/mol. The molecule has 2 heterocycles. The van der Waals surface area contributed by atoms with Gasteiger partial charge in [0, 0.05) is 19.5 Å². The maximum absolute atomic E-state index is 12.2. The molecule has 1 atom stereocenters. The SMILES string of the molecule is CC1(C)NC(=O)N(CCCC(=O)N2CCCCC2C(=O)O)C1=O. The topological polar surface area (TPSA) is 107 Å². The van der Waals surface area contributed by atoms with E-state index in [4.69, 9.17) is 0 Å². The van der Waals surface area contributed by atoms with Crippen LogP contribution in [0.15, 0.2) is 0 Å². The van der Waals surface area contributed by atoms with Gasteiger partial charge in [-0.1, -0.05) is 0 Å². The molecule has 23 heavy (non-hydrogen) atoms. The normalized spacial score (nSPS) is 23.8. The Morgan fingerprint density at radius 1 is 1.30 bits per heavy atom. The van der Waals surface area contributed by atoms with Crippen LogP contribution in [0.1, 0.15) is 46.0 Å². The van der Waals surface area contributed by atoms with Crippen molar-refractivity contribution in [3.05, 3.63) is 0 Å². The number of carbonyl (C=O) groups excluding carboxylic acids is 3. The fourth-order valence-electron chi connectivity index (χ4n) is 3.04. The standard InChI is InChI=1S/C15H23N3O5/c1-15(2)13(22)18(14(23)16-15)9-5-7-11(19)17-8-4-3-6-10(17)12(20)21/h10H,3-9H2,1-2H3,(H,16,23)(H,20,21). The molecule has 0 radical (unpaired) electrons. The van der Waals surface area contributed by atoms with Gasteiger partial charge < -0.3 is 15.3 Å². The second-order valence-corrected chi connectivity index (χ2v) is 6.55. The zero-order chi connectivity index (χ0) is 17.2. The molecule has 0 aromatic rings. The quantitative estimate of drug-likeness (QED) is 0.718. The lowest BCUT2D eigenvalue weighted by molar-refractivity contribution is -0.152. The van der Waals surface area contributed by atoms with Crippen molar-refractivity contribution in [3.8, 4) is 0 Å². The number of likely N-dealkylation sites (tertiary alicyclic amines) is 1. The number of urea groups is 1. The summed E-state index contributed by atoms with van der Waals surface area (Å²) in [7, 11) is 0. The summed E-state index contributed by atoms with van der Waals surface area (Å²) < 4.78 is 0. The van der Waals surface area contributed by atoms with Crippen LogP contribution in [0.3, 0.4) is 0 Å². The van der Waals surface area contributed by atoms with Crippen LogP contribution in [-0.2, 0) is 14.4 Å². The highest BCUT2D eigenvalue weighted by Gasteiger charge is 2.43. The van der Waals surface area contributed by atoms with Gasteiger partial charge in [0.15, 0.2) is 0 Å². The second kappa shape index (κ2) is 6.55. The molecule has 2 N–H and O–H groups in total. The van der Waals surface area contributed by atoms with Gasteiger partial charge in [0.25, 0.3) is 5.91 Å². The summed E-state index contributed by atoms with van der Waals surface area (Å²) in [6.45, 7) is 3.87. The molecular formula is C15H23N3O5. The van der Waals surface area contributed by atoms with Gasteiger partial charge in [-0.15, -0.1) is 0 Å². The van der Waals surface area contributed by atoms with Crippen molar-refractivity contribution in [2.45, 2.75) is 57.5 Å². The Bertz CT molecular complexity index is 531. The Balaban J connectivity index is 1.86. The first-order valence-electron chi connectivity index (χ1n) is 7.90. The first-order chi connectivity index (χ1) is 10.7. The number of hydrogen-bond donors (Lipinski definition) is 2. The van der Waals surface area contributed by atoms with Crippen LogP contribution in [0.25, 0.3) is 0 Å². The molecule has 2 saturated heterocycles. The van der Waals surface area contributed by atoms with E-state index in [1.807, 2.05) is 0 Å². The lowest BCUT2D eigenvalue weighted by atomic mass is 10.0. The summed E-state index contributed by atoms with van der Waals surface area (Å²) in [5.74, 6) is -1.52. The number of nitrogens with zero attached hydrogens (tertiary/aromatic N) is 2. The first kappa shape index (κ1) is 17.2. The summed E-state index contributed by atoms with van der Waals surface area (Å²) >= 11 is 0. The predicted octanol–water partition coefficient (Wildman–Crippen LogP) is 0.563. The van der Waals surface area contributed by atoms with Crippen molar-refractivity contribution in [2.24, 2.45) is 0 Å². The third-order valence-corrected chi connectivity index (χ3v) is 4.32. The van der Waals surface area contributed by atoms with Crippen LogP contribution in [-0.4, -0.2) is 63.4 Å². The van der Waals surface area contributed by atoms with Crippen molar-refractivity contribution < 1.29 is 24.3 Å². The molecule has 0 spiro atoms. The zero-order valence-electron chi connectivity index (χ0n) is 13.5. The number of hydrogen-bond acceptors (Lipinski definition) is 4. The minimum atomic E-state index is -0.978. The minimum absolute atomic E-state index is 0.126. The smallest absolute Gasteiger partial charge is 0.326 e. The number of imide groups is 1. The van der Waals surface area contributed by atoms with Gasteiger partial charge in [-0.25, -0.2) is 9.59 Å². The molecule has 8 heteroatoms. The van der Waals surface area contributed by atoms with E-state index in [0.29, 0.717) is 19.4 Å². The van der Waals surface area contributed by atoms with Gasteiger partial charge in [-0.05, 0) is 39.5 Å². The van der Waals surface area contributed by atoms with E-state index in [1.54, 1.807) is 13.8 Å². The van der Waals surface area contributed by atoms with Crippen LogP contribution in [0.4, 0.5) is 4.79 Å². The molecule has 2 aliphatic rings. The number of nitrogens with one attached hydrogen (secondary N) is 1. The number of aliphatic carboxylic acids is 1. The van der Waals surface area contributed by atoms with Crippen molar-refractivity contribution in [1.29, 1.82) is 0 Å². The number of piperidine rings is 1. The van der Waals surface area contributed by atoms with Crippen molar-refractivity contribution in [3.63, 3.8) is 0 Å². The molecule has 1 unspecified atom stereocenters. The molecular weight excluding hydrogens is 302 g/mol. The largest absolute Gasteiger partial charge is 0.480 e. The van der Waals surface area contributed by atoms with E-state index < -0.39 is 23.6 Å².